The predicted octanol–water partition coefficient (Wildman–Crippen LogP) is 1.83. The van der Waals surface area contributed by atoms with E-state index >= 15 is 0 Å². The van der Waals surface area contributed by atoms with Crippen LogP contribution in [0.3, 0.4) is 0 Å². The first kappa shape index (κ1) is 32.1. The number of piperazine rings is 1. The van der Waals surface area contributed by atoms with E-state index in [1.54, 1.807) is 57.5 Å². The van der Waals surface area contributed by atoms with Crippen LogP contribution in [0.5, 0.6) is 11.5 Å². The van der Waals surface area contributed by atoms with Gasteiger partial charge in [-0.25, -0.2) is 8.42 Å². The summed E-state index contributed by atoms with van der Waals surface area (Å²) in [4.78, 5) is 26.8. The van der Waals surface area contributed by atoms with E-state index < -0.39 is 21.9 Å². The number of ether oxygens (including phenoxy) is 2. The summed E-state index contributed by atoms with van der Waals surface area (Å²) in [5.41, 5.74) is -0.253. The number of nitrogens with zero attached hydrogens (tertiary/aromatic N) is 4. The fourth-order valence-electron chi connectivity index (χ4n) is 5.33. The molecular formula is C32H39N7O5S. The Bertz CT molecular complexity index is 1750. The van der Waals surface area contributed by atoms with Crippen molar-refractivity contribution in [3.05, 3.63) is 90.1 Å². The minimum Gasteiger partial charge on any atom is -0.497 e. The smallest absolute Gasteiger partial charge is 0.242 e. The molecular weight excluding hydrogens is 594 g/mol. The summed E-state index contributed by atoms with van der Waals surface area (Å²) < 4.78 is 41.1. The highest BCUT2D eigenvalue weighted by molar-refractivity contribution is 7.89. The molecule has 5 rings (SSSR count). The number of hydrogen-bond acceptors (Lipinski definition) is 10. The Kier molecular flexibility index (Phi) is 9.83. The number of nitrogens with one attached hydrogen (secondary N) is 3. The zero-order valence-electron chi connectivity index (χ0n) is 25.7. The van der Waals surface area contributed by atoms with Crippen LogP contribution in [-0.4, -0.2) is 89.4 Å². The molecule has 1 fully saturated rings. The van der Waals surface area contributed by atoms with Crippen molar-refractivity contribution in [1.82, 2.24) is 14.5 Å². The number of amides is 1. The Morgan fingerprint density at radius 3 is 2.29 bits per heavy atom. The van der Waals surface area contributed by atoms with E-state index in [4.69, 9.17) is 19.5 Å². The van der Waals surface area contributed by atoms with Gasteiger partial charge in [-0.1, -0.05) is 24.3 Å². The quantitative estimate of drug-likeness (QED) is 0.257. The van der Waals surface area contributed by atoms with Gasteiger partial charge in [-0.2, -0.15) is 4.72 Å². The maximum absolute atomic E-state index is 13.8. The minimum absolute atomic E-state index is 0.0159. The number of fused-ring (bicyclic) bond motifs is 1. The van der Waals surface area contributed by atoms with Gasteiger partial charge in [-0.15, -0.1) is 6.58 Å². The first-order valence-electron chi connectivity index (χ1n) is 14.6. The average Bonchev–Trinajstić information content (AvgIpc) is 3.02. The molecule has 2 aliphatic rings. The highest BCUT2D eigenvalue weighted by Crippen LogP contribution is 2.30. The number of rotatable bonds is 12. The van der Waals surface area contributed by atoms with Crippen molar-refractivity contribution in [3.63, 3.8) is 0 Å². The average molecular weight is 634 g/mol. The van der Waals surface area contributed by atoms with Crippen molar-refractivity contribution in [3.8, 4) is 11.5 Å². The topological polar surface area (TPSA) is 137 Å². The van der Waals surface area contributed by atoms with E-state index in [0.29, 0.717) is 33.6 Å². The third-order valence-electron chi connectivity index (χ3n) is 7.70. The normalized spacial score (nSPS) is 20.2. The standard InChI is InChI=1S/C32H39N7O5S/c1-5-13-38-14-16-39(17-15-38)22-30(40)33-23-9-8-10-27(20-23)45(41,42)37-31-32(2,36-29-12-7-6-11-28(29)34-31)35-24-18-25(43-3)21-26(19-24)44-4/h5-12,18-21,31,35,37H,1,13-17,22H2,2-4H3,(H,33,40). The summed E-state index contributed by atoms with van der Waals surface area (Å²) in [6.45, 7) is 9.86. The van der Waals surface area contributed by atoms with Gasteiger partial charge in [0.1, 0.15) is 11.5 Å². The van der Waals surface area contributed by atoms with E-state index in [2.05, 4.69) is 31.7 Å². The number of hydrogen-bond donors (Lipinski definition) is 3. The van der Waals surface area contributed by atoms with Gasteiger partial charge >= 0.3 is 0 Å². The lowest BCUT2D eigenvalue weighted by Gasteiger charge is -2.35. The van der Waals surface area contributed by atoms with Crippen molar-refractivity contribution in [2.24, 2.45) is 9.98 Å². The maximum atomic E-state index is 13.8. The molecule has 2 aliphatic heterocycles. The number of benzene rings is 3. The van der Waals surface area contributed by atoms with Crippen molar-refractivity contribution >= 4 is 27.3 Å². The first-order chi connectivity index (χ1) is 21.6. The molecule has 12 nitrogen and oxygen atoms in total. The van der Waals surface area contributed by atoms with Crippen LogP contribution in [0.2, 0.25) is 0 Å². The molecule has 0 bridgehead atoms. The summed E-state index contributed by atoms with van der Waals surface area (Å²) in [6, 6.07) is 18.7. The van der Waals surface area contributed by atoms with E-state index in [1.807, 2.05) is 24.3 Å². The molecule has 3 N–H and O–H groups in total. The fraction of sp³-hybridized carbons (Fsp3) is 0.344. The SMILES string of the molecule is C=CCN1CCN(CC(=O)Nc2cccc(S(=O)(=O)NC3N=c4ccccc4=NC3(C)Nc3cc(OC)cc(OC)c3)c2)CC1. The monoisotopic (exact) mass is 633 g/mol. The number of anilines is 2. The van der Waals surface area contributed by atoms with Crippen LogP contribution in [0, 0.1) is 0 Å². The highest BCUT2D eigenvalue weighted by Gasteiger charge is 2.39. The van der Waals surface area contributed by atoms with Gasteiger partial charge in [0.05, 0.1) is 36.4 Å². The Labute approximate surface area is 263 Å². The summed E-state index contributed by atoms with van der Waals surface area (Å²) in [7, 11) is -1.01. The Morgan fingerprint density at radius 1 is 0.956 bits per heavy atom. The van der Waals surface area contributed by atoms with Gasteiger partial charge in [0.15, 0.2) is 11.8 Å². The van der Waals surface area contributed by atoms with E-state index in [1.165, 1.54) is 12.1 Å². The third-order valence-corrected chi connectivity index (χ3v) is 9.11. The Balaban J connectivity index is 1.35. The molecule has 0 spiro atoms. The molecule has 1 saturated heterocycles. The minimum atomic E-state index is -4.12. The number of methoxy groups -OCH3 is 2. The van der Waals surface area contributed by atoms with Gasteiger partial charge in [-0.3, -0.25) is 24.6 Å². The van der Waals surface area contributed by atoms with E-state index in [-0.39, 0.29) is 17.3 Å². The predicted molar refractivity (Wildman–Crippen MR) is 173 cm³/mol. The molecule has 3 aromatic carbocycles. The molecule has 1 amide bonds. The van der Waals surface area contributed by atoms with Crippen LogP contribution in [0.15, 0.2) is 94.3 Å². The van der Waals surface area contributed by atoms with Gasteiger partial charge < -0.3 is 20.1 Å². The zero-order valence-corrected chi connectivity index (χ0v) is 26.5. The van der Waals surface area contributed by atoms with Crippen LogP contribution in [0.25, 0.3) is 0 Å². The van der Waals surface area contributed by atoms with Crippen molar-refractivity contribution in [2.45, 2.75) is 23.6 Å². The summed E-state index contributed by atoms with van der Waals surface area (Å²) in [5, 5.41) is 7.36. The van der Waals surface area contributed by atoms with Crippen LogP contribution in [-0.2, 0) is 14.8 Å². The molecule has 45 heavy (non-hydrogen) atoms. The second-order valence-corrected chi connectivity index (χ2v) is 12.8. The number of carbonyl (C=O) groups excluding carboxylic acids is 1. The second-order valence-electron chi connectivity index (χ2n) is 11.1. The molecule has 0 radical (unpaired) electrons. The summed E-state index contributed by atoms with van der Waals surface area (Å²) >= 11 is 0. The maximum Gasteiger partial charge on any atom is 0.242 e. The van der Waals surface area contributed by atoms with Crippen LogP contribution < -0.4 is 35.5 Å². The molecule has 3 aromatic rings. The molecule has 13 heteroatoms. The van der Waals surface area contributed by atoms with Crippen LogP contribution >= 0.6 is 0 Å². The lowest BCUT2D eigenvalue weighted by Crippen LogP contribution is -2.58. The van der Waals surface area contributed by atoms with E-state index in [9.17, 15) is 13.2 Å². The Hall–Kier alpha value is -4.30. The molecule has 2 atom stereocenters. The van der Waals surface area contributed by atoms with Crippen LogP contribution in [0.1, 0.15) is 6.92 Å². The van der Waals surface area contributed by atoms with Crippen LogP contribution in [0.4, 0.5) is 11.4 Å². The molecule has 0 saturated carbocycles. The number of sulfonamides is 1. The fourth-order valence-corrected chi connectivity index (χ4v) is 6.58. The first-order valence-corrected chi connectivity index (χ1v) is 16.1. The molecule has 2 heterocycles. The van der Waals surface area contributed by atoms with Crippen molar-refractivity contribution < 1.29 is 22.7 Å². The molecule has 0 aliphatic carbocycles. The third kappa shape index (κ3) is 7.87. The molecule has 2 unspecified atom stereocenters. The van der Waals surface area contributed by atoms with Gasteiger partial charge in [0.25, 0.3) is 0 Å². The van der Waals surface area contributed by atoms with Gasteiger partial charge in [0.2, 0.25) is 15.9 Å². The van der Waals surface area contributed by atoms with Crippen molar-refractivity contribution in [1.29, 1.82) is 0 Å². The number of para-hydroxylation sites is 2. The van der Waals surface area contributed by atoms with Crippen molar-refractivity contribution in [2.75, 3.05) is 64.1 Å². The summed E-state index contributed by atoms with van der Waals surface area (Å²) in [6.07, 6.45) is 0.844. The molecule has 0 aromatic heterocycles. The lowest BCUT2D eigenvalue weighted by atomic mass is 10.1. The van der Waals surface area contributed by atoms with Gasteiger partial charge in [-0.05, 0) is 37.3 Å². The Morgan fingerprint density at radius 2 is 1.62 bits per heavy atom. The second kappa shape index (κ2) is 13.8. The molecule has 238 valence electrons. The largest absolute Gasteiger partial charge is 0.497 e. The highest BCUT2D eigenvalue weighted by atomic mass is 32.2. The summed E-state index contributed by atoms with van der Waals surface area (Å²) in [5.74, 6) is 0.900. The number of carbonyl (C=O) groups is 1. The zero-order chi connectivity index (χ0) is 32.0. The van der Waals surface area contributed by atoms with Gasteiger partial charge in [0, 0.05) is 62.3 Å². The lowest BCUT2D eigenvalue weighted by molar-refractivity contribution is -0.117. The van der Waals surface area contributed by atoms with E-state index in [0.717, 1.165) is 32.7 Å².